The van der Waals surface area contributed by atoms with Crippen molar-refractivity contribution in [2.75, 3.05) is 5.75 Å². The topological polar surface area (TPSA) is 0 Å². The Labute approximate surface area is 105 Å². The Morgan fingerprint density at radius 3 is 1.57 bits per heavy atom. The molecule has 0 aliphatic heterocycles. The van der Waals surface area contributed by atoms with Crippen LogP contribution in [0.25, 0.3) is 0 Å². The molecule has 0 fully saturated rings. The molecule has 86 valence electrons. The largest absolute Gasteiger partial charge is 0.237 e. The number of halogens is 2. The van der Waals surface area contributed by atoms with Gasteiger partial charge in [-0.1, -0.05) is 44.9 Å². The van der Waals surface area contributed by atoms with Crippen LogP contribution in [0.1, 0.15) is 51.4 Å². The summed E-state index contributed by atoms with van der Waals surface area (Å²) < 4.78 is 0. The van der Waals surface area contributed by atoms with E-state index in [0.29, 0.717) is 0 Å². The molecule has 0 unspecified atom stereocenters. The van der Waals surface area contributed by atoms with Crippen molar-refractivity contribution in [3.8, 4) is 0 Å². The summed E-state index contributed by atoms with van der Waals surface area (Å²) in [5, 5.41) is 0. The van der Waals surface area contributed by atoms with Crippen molar-refractivity contribution in [1.82, 2.24) is 0 Å². The highest BCUT2D eigenvalue weighted by Crippen LogP contribution is 2.13. The van der Waals surface area contributed by atoms with Crippen LogP contribution in [0, 0.1) is 0 Å². The van der Waals surface area contributed by atoms with E-state index in [9.17, 15) is 0 Å². The first-order chi connectivity index (χ1) is 6.77. The Morgan fingerprint density at radius 1 is 0.714 bits per heavy atom. The SMILES string of the molecule is SCCCCCCCCCC[SiH](Cl)Cl. The summed E-state index contributed by atoms with van der Waals surface area (Å²) in [7, 11) is -1.31. The molecule has 0 aliphatic carbocycles. The number of thiol groups is 1. The second-order valence-electron chi connectivity index (χ2n) is 3.73. The van der Waals surface area contributed by atoms with Gasteiger partial charge in [0, 0.05) is 0 Å². The average Bonchev–Trinajstić information content (AvgIpc) is 2.15. The van der Waals surface area contributed by atoms with Gasteiger partial charge in [0.25, 0.3) is 0 Å². The molecule has 0 bridgehead atoms. The number of unbranched alkanes of at least 4 members (excludes halogenated alkanes) is 7. The monoisotopic (exact) mass is 272 g/mol. The summed E-state index contributed by atoms with van der Waals surface area (Å²) in [6, 6.07) is 1.09. The van der Waals surface area contributed by atoms with Gasteiger partial charge in [0.15, 0.2) is 0 Å². The highest BCUT2D eigenvalue weighted by atomic mass is 35.7. The lowest BCUT2D eigenvalue weighted by Crippen LogP contribution is -1.91. The van der Waals surface area contributed by atoms with Gasteiger partial charge in [-0.2, -0.15) is 34.8 Å². The van der Waals surface area contributed by atoms with Crippen molar-refractivity contribution in [2.24, 2.45) is 0 Å². The summed E-state index contributed by atoms with van der Waals surface area (Å²) >= 11 is 15.7. The predicted molar refractivity (Wildman–Crippen MR) is 74.5 cm³/mol. The second kappa shape index (κ2) is 12.2. The first-order valence-electron chi connectivity index (χ1n) is 5.66. The molecule has 0 saturated heterocycles. The molecule has 0 radical (unpaired) electrons. The fourth-order valence-electron chi connectivity index (χ4n) is 1.47. The van der Waals surface area contributed by atoms with Gasteiger partial charge < -0.3 is 0 Å². The molecule has 0 saturated carbocycles. The molecule has 0 aromatic rings. The second-order valence-corrected chi connectivity index (χ2v) is 9.37. The summed E-state index contributed by atoms with van der Waals surface area (Å²) in [5.41, 5.74) is 0. The van der Waals surface area contributed by atoms with Crippen LogP contribution < -0.4 is 0 Å². The first-order valence-corrected chi connectivity index (χ1v) is 10.6. The van der Waals surface area contributed by atoms with Crippen LogP contribution in [0.3, 0.4) is 0 Å². The lowest BCUT2D eigenvalue weighted by molar-refractivity contribution is 0.586. The summed E-state index contributed by atoms with van der Waals surface area (Å²) in [5.74, 6) is 1.04. The molecule has 0 spiro atoms. The average molecular weight is 273 g/mol. The summed E-state index contributed by atoms with van der Waals surface area (Å²) in [6.07, 6.45) is 10.7. The van der Waals surface area contributed by atoms with Gasteiger partial charge in [0.2, 0.25) is 7.42 Å². The minimum absolute atomic E-state index is 1.04. The van der Waals surface area contributed by atoms with Crippen molar-refractivity contribution in [3.63, 3.8) is 0 Å². The fourth-order valence-corrected chi connectivity index (χ4v) is 3.22. The zero-order chi connectivity index (χ0) is 10.6. The zero-order valence-corrected chi connectivity index (χ0v) is 12.4. The van der Waals surface area contributed by atoms with Gasteiger partial charge in [0.05, 0.1) is 0 Å². The molecular formula is C10H22Cl2SSi. The minimum Gasteiger partial charge on any atom is -0.179 e. The quantitative estimate of drug-likeness (QED) is 0.253. The van der Waals surface area contributed by atoms with E-state index in [1.54, 1.807) is 0 Å². The van der Waals surface area contributed by atoms with Crippen LogP contribution in [-0.2, 0) is 0 Å². The Kier molecular flexibility index (Phi) is 13.2. The van der Waals surface area contributed by atoms with Crippen molar-refractivity contribution in [1.29, 1.82) is 0 Å². The molecular weight excluding hydrogens is 251 g/mol. The van der Waals surface area contributed by atoms with Crippen LogP contribution in [0.15, 0.2) is 0 Å². The molecule has 0 atom stereocenters. The van der Waals surface area contributed by atoms with E-state index < -0.39 is 7.42 Å². The Morgan fingerprint density at radius 2 is 1.14 bits per heavy atom. The minimum atomic E-state index is -1.31. The van der Waals surface area contributed by atoms with E-state index in [1.165, 1.54) is 51.4 Å². The number of rotatable bonds is 10. The lowest BCUT2D eigenvalue weighted by atomic mass is 10.1. The maximum absolute atomic E-state index is 5.77. The van der Waals surface area contributed by atoms with E-state index in [2.05, 4.69) is 12.6 Å². The highest BCUT2D eigenvalue weighted by molar-refractivity contribution is 7.80. The Bertz CT molecular complexity index is 112. The van der Waals surface area contributed by atoms with Crippen molar-refractivity contribution in [3.05, 3.63) is 0 Å². The van der Waals surface area contributed by atoms with Gasteiger partial charge in [-0.3, -0.25) is 0 Å². The van der Waals surface area contributed by atoms with Gasteiger partial charge in [0.1, 0.15) is 0 Å². The van der Waals surface area contributed by atoms with Crippen molar-refractivity contribution >= 4 is 42.2 Å². The van der Waals surface area contributed by atoms with E-state index in [-0.39, 0.29) is 0 Å². The Hall–Kier alpha value is 1.15. The van der Waals surface area contributed by atoms with Crippen LogP contribution in [0.5, 0.6) is 0 Å². The molecule has 0 aliphatic rings. The standard InChI is InChI=1S/C10H22Cl2SSi/c11-14(12)10-8-6-4-2-1-3-5-7-9-13/h13-14H,1-10H2. The van der Waals surface area contributed by atoms with Gasteiger partial charge >= 0.3 is 0 Å². The Balaban J connectivity index is 2.85. The molecule has 0 heterocycles. The van der Waals surface area contributed by atoms with Crippen LogP contribution in [-0.4, -0.2) is 13.2 Å². The summed E-state index contributed by atoms with van der Waals surface area (Å²) in [6.45, 7) is 0. The molecule has 0 amide bonds. The van der Waals surface area contributed by atoms with Crippen LogP contribution in [0.4, 0.5) is 0 Å². The molecule has 0 aromatic heterocycles. The van der Waals surface area contributed by atoms with Crippen LogP contribution >= 0.6 is 34.8 Å². The van der Waals surface area contributed by atoms with Crippen molar-refractivity contribution in [2.45, 2.75) is 57.4 Å². The molecule has 14 heavy (non-hydrogen) atoms. The van der Waals surface area contributed by atoms with Crippen LogP contribution in [0.2, 0.25) is 6.04 Å². The maximum atomic E-state index is 5.77. The number of hydrogen-bond donors (Lipinski definition) is 1. The molecule has 0 nitrogen and oxygen atoms in total. The maximum Gasteiger partial charge on any atom is 0.237 e. The van der Waals surface area contributed by atoms with E-state index in [1.807, 2.05) is 0 Å². The van der Waals surface area contributed by atoms with E-state index >= 15 is 0 Å². The van der Waals surface area contributed by atoms with Gasteiger partial charge in [-0.15, -0.1) is 0 Å². The molecule has 0 N–H and O–H groups in total. The normalized spacial score (nSPS) is 11.1. The van der Waals surface area contributed by atoms with E-state index in [4.69, 9.17) is 22.2 Å². The zero-order valence-electron chi connectivity index (χ0n) is 8.85. The highest BCUT2D eigenvalue weighted by Gasteiger charge is 2.00. The lowest BCUT2D eigenvalue weighted by Gasteiger charge is -2.01. The van der Waals surface area contributed by atoms with Crippen molar-refractivity contribution < 1.29 is 0 Å². The third kappa shape index (κ3) is 13.1. The number of hydrogen-bond acceptors (Lipinski definition) is 1. The van der Waals surface area contributed by atoms with Gasteiger partial charge in [-0.25, -0.2) is 0 Å². The predicted octanol–water partition coefficient (Wildman–Crippen LogP) is 4.74. The summed E-state index contributed by atoms with van der Waals surface area (Å²) in [4.78, 5) is 0. The molecule has 4 heteroatoms. The molecule has 0 rings (SSSR count). The van der Waals surface area contributed by atoms with Gasteiger partial charge in [-0.05, 0) is 18.2 Å². The fraction of sp³-hybridized carbons (Fsp3) is 1.00. The smallest absolute Gasteiger partial charge is 0.179 e. The molecule has 0 aromatic carbocycles. The van der Waals surface area contributed by atoms with E-state index in [0.717, 1.165) is 11.8 Å². The third-order valence-corrected chi connectivity index (χ3v) is 4.80. The first kappa shape index (κ1) is 15.1. The third-order valence-electron chi connectivity index (χ3n) is 2.33.